The molecule has 1 aromatic carbocycles. The van der Waals surface area contributed by atoms with Gasteiger partial charge in [-0.15, -0.1) is 0 Å². The van der Waals surface area contributed by atoms with E-state index >= 15 is 0 Å². The second-order valence-electron chi connectivity index (χ2n) is 5.45. The van der Waals surface area contributed by atoms with Crippen LogP contribution in [0.5, 0.6) is 0 Å². The summed E-state index contributed by atoms with van der Waals surface area (Å²) in [6, 6.07) is 6.32. The molecule has 1 atom stereocenters. The molecule has 1 fully saturated rings. The molecule has 0 bridgehead atoms. The molecule has 1 aromatic rings. The van der Waals surface area contributed by atoms with Crippen molar-refractivity contribution in [2.75, 3.05) is 29.5 Å². The Kier molecular flexibility index (Phi) is 5.09. The van der Waals surface area contributed by atoms with Crippen molar-refractivity contribution in [2.45, 2.75) is 25.8 Å². The third-order valence-corrected chi connectivity index (χ3v) is 5.95. The fourth-order valence-electron chi connectivity index (χ4n) is 2.44. The summed E-state index contributed by atoms with van der Waals surface area (Å²) in [6.45, 7) is 3.35. The summed E-state index contributed by atoms with van der Waals surface area (Å²) in [5, 5.41) is 0. The second-order valence-corrected chi connectivity index (χ2v) is 8.61. The Bertz CT molecular complexity index is 573. The summed E-state index contributed by atoms with van der Waals surface area (Å²) in [4.78, 5) is 2.14. The number of anilines is 1. The normalized spacial score (nSPS) is 20.4. The van der Waals surface area contributed by atoms with Crippen LogP contribution in [0.25, 0.3) is 0 Å². The Morgan fingerprint density at radius 1 is 1.35 bits per heavy atom. The molecule has 0 saturated carbocycles. The lowest BCUT2D eigenvalue weighted by Crippen LogP contribution is -2.26. The highest BCUT2D eigenvalue weighted by Gasteiger charge is 2.19. The highest BCUT2D eigenvalue weighted by Crippen LogP contribution is 2.26. The third kappa shape index (κ3) is 4.20. The van der Waals surface area contributed by atoms with Crippen LogP contribution in [-0.2, 0) is 16.3 Å². The van der Waals surface area contributed by atoms with Crippen molar-refractivity contribution >= 4 is 31.5 Å². The van der Waals surface area contributed by atoms with Crippen LogP contribution in [0, 0.1) is 0 Å². The highest BCUT2D eigenvalue weighted by atomic mass is 79.9. The van der Waals surface area contributed by atoms with Crippen molar-refractivity contribution in [3.05, 3.63) is 28.2 Å². The predicted molar refractivity (Wildman–Crippen MR) is 87.0 cm³/mol. The van der Waals surface area contributed by atoms with E-state index in [1.54, 1.807) is 0 Å². The molecule has 4 nitrogen and oxygen atoms in total. The van der Waals surface area contributed by atoms with Gasteiger partial charge in [-0.2, -0.15) is 0 Å². The average Bonchev–Trinajstić information content (AvgIpc) is 2.52. The predicted octanol–water partition coefficient (Wildman–Crippen LogP) is 1.96. The van der Waals surface area contributed by atoms with Crippen molar-refractivity contribution in [2.24, 2.45) is 5.73 Å². The topological polar surface area (TPSA) is 63.4 Å². The molecule has 0 aromatic heterocycles. The van der Waals surface area contributed by atoms with Crippen molar-refractivity contribution < 1.29 is 8.42 Å². The van der Waals surface area contributed by atoms with E-state index in [0.29, 0.717) is 18.7 Å². The molecule has 1 unspecified atom stereocenters. The van der Waals surface area contributed by atoms with Crippen LogP contribution in [0.1, 0.15) is 18.9 Å². The van der Waals surface area contributed by atoms with Crippen molar-refractivity contribution in [1.82, 2.24) is 0 Å². The largest absolute Gasteiger partial charge is 0.370 e. The van der Waals surface area contributed by atoms with Crippen LogP contribution in [-0.4, -0.2) is 39.1 Å². The molecule has 1 aliphatic heterocycles. The SMILES string of the molecule is CC(N)Cc1ccc(N2CCCS(=O)(=O)CC2)cc1Br. The number of rotatable bonds is 3. The van der Waals surface area contributed by atoms with Crippen LogP contribution in [0.3, 0.4) is 0 Å². The van der Waals surface area contributed by atoms with Crippen molar-refractivity contribution in [3.63, 3.8) is 0 Å². The molecule has 6 heteroatoms. The molecule has 1 saturated heterocycles. The number of nitrogens with zero attached hydrogens (tertiary/aromatic N) is 1. The zero-order valence-electron chi connectivity index (χ0n) is 11.7. The Balaban J connectivity index is 2.15. The van der Waals surface area contributed by atoms with E-state index in [4.69, 9.17) is 5.73 Å². The van der Waals surface area contributed by atoms with Gasteiger partial charge in [-0.25, -0.2) is 8.42 Å². The summed E-state index contributed by atoms with van der Waals surface area (Å²) in [5.41, 5.74) is 8.08. The third-order valence-electron chi connectivity index (χ3n) is 3.50. The lowest BCUT2D eigenvalue weighted by atomic mass is 10.1. The number of hydrogen-bond acceptors (Lipinski definition) is 4. The highest BCUT2D eigenvalue weighted by molar-refractivity contribution is 9.10. The molecule has 2 rings (SSSR count). The smallest absolute Gasteiger partial charge is 0.152 e. The number of nitrogens with two attached hydrogens (primary N) is 1. The van der Waals surface area contributed by atoms with E-state index in [2.05, 4.69) is 39.0 Å². The van der Waals surface area contributed by atoms with Gasteiger partial charge in [0.05, 0.1) is 11.5 Å². The van der Waals surface area contributed by atoms with Crippen LogP contribution in [0.15, 0.2) is 22.7 Å². The maximum Gasteiger partial charge on any atom is 0.152 e. The average molecular weight is 361 g/mol. The Morgan fingerprint density at radius 3 is 2.75 bits per heavy atom. The molecule has 1 heterocycles. The van der Waals surface area contributed by atoms with Gasteiger partial charge >= 0.3 is 0 Å². The summed E-state index contributed by atoms with van der Waals surface area (Å²) in [5.74, 6) is 0.541. The molecule has 2 N–H and O–H groups in total. The first-order valence-corrected chi connectivity index (χ1v) is 9.48. The van der Waals surface area contributed by atoms with Gasteiger partial charge in [0.2, 0.25) is 0 Å². The Morgan fingerprint density at radius 2 is 2.10 bits per heavy atom. The molecule has 20 heavy (non-hydrogen) atoms. The van der Waals surface area contributed by atoms with Gasteiger partial charge in [-0.3, -0.25) is 0 Å². The van der Waals surface area contributed by atoms with Gasteiger partial charge < -0.3 is 10.6 Å². The summed E-state index contributed by atoms with van der Waals surface area (Å²) in [6.07, 6.45) is 1.52. The maximum atomic E-state index is 11.6. The molecule has 0 radical (unpaired) electrons. The number of halogens is 1. The number of hydrogen-bond donors (Lipinski definition) is 1. The van der Waals surface area contributed by atoms with E-state index in [-0.39, 0.29) is 11.8 Å². The van der Waals surface area contributed by atoms with Crippen LogP contribution in [0.4, 0.5) is 5.69 Å². The minimum Gasteiger partial charge on any atom is -0.370 e. The van der Waals surface area contributed by atoms with E-state index in [0.717, 1.165) is 23.1 Å². The summed E-state index contributed by atoms with van der Waals surface area (Å²) < 4.78 is 24.3. The molecule has 0 amide bonds. The lowest BCUT2D eigenvalue weighted by molar-refractivity contribution is 0.597. The zero-order valence-corrected chi connectivity index (χ0v) is 14.1. The number of sulfone groups is 1. The van der Waals surface area contributed by atoms with Gasteiger partial charge in [0.1, 0.15) is 0 Å². The monoisotopic (exact) mass is 360 g/mol. The van der Waals surface area contributed by atoms with Crippen LogP contribution >= 0.6 is 15.9 Å². The zero-order chi connectivity index (χ0) is 14.8. The molecule has 0 aliphatic carbocycles. The molecule has 0 spiro atoms. The van der Waals surface area contributed by atoms with Crippen LogP contribution < -0.4 is 10.6 Å². The minimum atomic E-state index is -2.86. The van der Waals surface area contributed by atoms with Crippen LogP contribution in [0.2, 0.25) is 0 Å². The van der Waals surface area contributed by atoms with Gasteiger partial charge in [0.15, 0.2) is 9.84 Å². The van der Waals surface area contributed by atoms with E-state index in [9.17, 15) is 8.42 Å². The summed E-state index contributed by atoms with van der Waals surface area (Å²) in [7, 11) is -2.86. The Labute approximate surface area is 129 Å². The minimum absolute atomic E-state index is 0.125. The summed E-state index contributed by atoms with van der Waals surface area (Å²) >= 11 is 3.58. The first-order chi connectivity index (χ1) is 9.37. The van der Waals surface area contributed by atoms with Gasteiger partial charge in [0.25, 0.3) is 0 Å². The molecule has 1 aliphatic rings. The fraction of sp³-hybridized carbons (Fsp3) is 0.571. The maximum absolute atomic E-state index is 11.6. The first-order valence-electron chi connectivity index (χ1n) is 6.87. The lowest BCUT2D eigenvalue weighted by Gasteiger charge is -2.23. The molecular weight excluding hydrogens is 340 g/mol. The quantitative estimate of drug-likeness (QED) is 0.894. The molecule has 112 valence electrons. The Hall–Kier alpha value is -0.590. The van der Waals surface area contributed by atoms with E-state index in [1.807, 2.05) is 6.92 Å². The standard InChI is InChI=1S/C14H21BrN2O2S/c1-11(16)9-12-3-4-13(10-14(12)15)17-5-2-7-20(18,19)8-6-17/h3-4,10-11H,2,5-9,16H2,1H3. The van der Waals surface area contributed by atoms with Gasteiger partial charge in [-0.1, -0.05) is 22.0 Å². The van der Waals surface area contributed by atoms with Gasteiger partial charge in [0, 0.05) is 29.3 Å². The van der Waals surface area contributed by atoms with E-state index in [1.165, 1.54) is 5.56 Å². The second kappa shape index (κ2) is 6.45. The number of benzene rings is 1. The fourth-order valence-corrected chi connectivity index (χ4v) is 4.24. The van der Waals surface area contributed by atoms with E-state index < -0.39 is 9.84 Å². The first kappa shape index (κ1) is 15.8. The van der Waals surface area contributed by atoms with Crippen molar-refractivity contribution in [3.8, 4) is 0 Å². The van der Waals surface area contributed by atoms with Gasteiger partial charge in [-0.05, 0) is 37.5 Å². The molecular formula is C14H21BrN2O2S. The van der Waals surface area contributed by atoms with Crippen molar-refractivity contribution in [1.29, 1.82) is 0 Å².